The molecular weight excluding hydrogens is 216 g/mol. The first-order valence-corrected chi connectivity index (χ1v) is 4.41. The van der Waals surface area contributed by atoms with Gasteiger partial charge in [-0.3, -0.25) is 0 Å². The number of nitrogens with two attached hydrogens (primary N) is 2. The Hall–Kier alpha value is -0.340. The van der Waals surface area contributed by atoms with Crippen LogP contribution in [0.25, 0.3) is 0 Å². The molecule has 0 aliphatic carbocycles. The van der Waals surface area contributed by atoms with Crippen molar-refractivity contribution in [2.24, 2.45) is 10.3 Å². The van der Waals surface area contributed by atoms with Crippen LogP contribution >= 0.6 is 0 Å². The van der Waals surface area contributed by atoms with E-state index in [1.165, 1.54) is 0 Å². The molecule has 0 saturated carbocycles. The van der Waals surface area contributed by atoms with Crippen LogP contribution in [0.5, 0.6) is 0 Å². The van der Waals surface area contributed by atoms with Crippen LogP contribution in [0, 0.1) is 0 Å². The molecule has 80 valence electrons. The molecule has 0 heterocycles. The van der Waals surface area contributed by atoms with Gasteiger partial charge in [0.25, 0.3) is 0 Å². The molecule has 0 bridgehead atoms. The van der Waals surface area contributed by atoms with Crippen molar-refractivity contribution in [1.29, 1.82) is 0 Å². The van der Waals surface area contributed by atoms with E-state index in [9.17, 15) is 0 Å². The van der Waals surface area contributed by atoms with Crippen molar-refractivity contribution in [1.82, 2.24) is 12.3 Å². The first-order valence-electron chi connectivity index (χ1n) is 1.47. The lowest BCUT2D eigenvalue weighted by molar-refractivity contribution is 0.462. The largest absolute Gasteiger partial charge is 0.736 e. The van der Waals surface area contributed by atoms with Crippen molar-refractivity contribution in [2.45, 2.75) is 0 Å². The first kappa shape index (κ1) is 22.6. The molecule has 12 heavy (non-hydrogen) atoms. The maximum Gasteiger partial charge on any atom is 0.156 e. The zero-order valence-corrected chi connectivity index (χ0v) is 8.05. The Bertz CT molecular complexity index is 214. The van der Waals surface area contributed by atoms with E-state index in [0.717, 1.165) is 0 Å². The van der Waals surface area contributed by atoms with Crippen molar-refractivity contribution in [3.8, 4) is 0 Å². The molecule has 0 aromatic heterocycles. The summed E-state index contributed by atoms with van der Waals surface area (Å²) < 4.78 is 53.1. The number of hydrogen-bond acceptors (Lipinski definition) is 6. The second-order valence-electron chi connectivity index (χ2n) is 0.986. The molecule has 0 aromatic carbocycles. The first-order chi connectivity index (χ1) is 4.00. The van der Waals surface area contributed by atoms with Crippen molar-refractivity contribution in [3.05, 3.63) is 0 Å². The van der Waals surface area contributed by atoms with E-state index < -0.39 is 20.6 Å². The molecule has 0 aliphatic heterocycles. The van der Waals surface area contributed by atoms with Crippen molar-refractivity contribution in [3.63, 3.8) is 0 Å². The van der Waals surface area contributed by atoms with E-state index in [-0.39, 0.29) is 12.3 Å². The van der Waals surface area contributed by atoms with Crippen LogP contribution in [0.1, 0.15) is 0 Å². The van der Waals surface area contributed by atoms with E-state index >= 15 is 0 Å². The molecule has 0 aliphatic rings. The Morgan fingerprint density at radius 2 is 0.750 bits per heavy atom. The summed E-state index contributed by atoms with van der Waals surface area (Å²) in [5.74, 6) is 0. The Balaban J connectivity index is -0.0000000457. The molecule has 12 N–H and O–H groups in total. The zero-order valence-electron chi connectivity index (χ0n) is 6.42. The van der Waals surface area contributed by atoms with Crippen LogP contribution in [-0.4, -0.2) is 25.9 Å². The van der Waals surface area contributed by atoms with Gasteiger partial charge in [0, 0.05) is 0 Å². The van der Waals surface area contributed by atoms with Gasteiger partial charge >= 0.3 is 0 Å². The van der Waals surface area contributed by atoms with E-state index in [1.807, 2.05) is 0 Å². The van der Waals surface area contributed by atoms with Crippen molar-refractivity contribution in [2.75, 3.05) is 0 Å². The van der Waals surface area contributed by atoms with Gasteiger partial charge in [-0.2, -0.15) is 0 Å². The van der Waals surface area contributed by atoms with E-state index in [4.69, 9.17) is 25.9 Å². The summed E-state index contributed by atoms with van der Waals surface area (Å²) >= 11 is 0. The van der Waals surface area contributed by atoms with Gasteiger partial charge in [-0.15, -0.1) is 0 Å². The van der Waals surface area contributed by atoms with Crippen LogP contribution in [-0.2, 0) is 20.6 Å². The van der Waals surface area contributed by atoms with E-state index in [2.05, 4.69) is 10.3 Å². The van der Waals surface area contributed by atoms with Gasteiger partial charge in [-0.05, 0) is 0 Å². The lowest BCUT2D eigenvalue weighted by Crippen LogP contribution is -2.08. The molecule has 0 fully saturated rings. The number of quaternary nitrogens is 2. The minimum atomic E-state index is -4.42. The minimum absolute atomic E-state index is 0. The number of rotatable bonds is 0. The average Bonchev–Trinajstić information content (AvgIpc) is 1.12. The highest BCUT2D eigenvalue weighted by molar-refractivity contribution is 7.83. The quantitative estimate of drug-likeness (QED) is 0.328. The third-order valence-corrected chi connectivity index (χ3v) is 0. The van der Waals surface area contributed by atoms with Gasteiger partial charge in [-0.25, -0.2) is 27.1 Å². The highest BCUT2D eigenvalue weighted by atomic mass is 32.2. The maximum atomic E-state index is 8.85. The standard InChI is InChI=1S/2H3NO3S.2H3N/c2*1-5(2,3)4;;/h2*(H3,1,2,3,4);2*1H3. The van der Waals surface area contributed by atoms with Crippen LogP contribution in [0.2, 0.25) is 0 Å². The van der Waals surface area contributed by atoms with Gasteiger partial charge in [0.05, 0.1) is 0 Å². The van der Waals surface area contributed by atoms with Crippen LogP contribution in [0.4, 0.5) is 0 Å². The summed E-state index contributed by atoms with van der Waals surface area (Å²) in [6.07, 6.45) is 0. The molecule has 0 radical (unpaired) electrons. The monoisotopic (exact) mass is 228 g/mol. The van der Waals surface area contributed by atoms with Crippen LogP contribution in [0.3, 0.4) is 0 Å². The molecule has 0 spiro atoms. The van der Waals surface area contributed by atoms with Crippen molar-refractivity contribution >= 4 is 20.6 Å². The van der Waals surface area contributed by atoms with Gasteiger partial charge in [0.2, 0.25) is 0 Å². The third-order valence-electron chi connectivity index (χ3n) is 0. The molecule has 10 nitrogen and oxygen atoms in total. The minimum Gasteiger partial charge on any atom is -0.736 e. The highest BCUT2D eigenvalue weighted by Gasteiger charge is 1.65. The average molecular weight is 228 g/mol. The second kappa shape index (κ2) is 7.32. The normalized spacial score (nSPS) is 9.67. The Morgan fingerprint density at radius 3 is 0.750 bits per heavy atom. The fourth-order valence-electron chi connectivity index (χ4n) is 0. The summed E-state index contributed by atoms with van der Waals surface area (Å²) in [6, 6.07) is 0. The lowest BCUT2D eigenvalue weighted by atomic mass is 13.9. The Morgan fingerprint density at radius 1 is 0.750 bits per heavy atom. The lowest BCUT2D eigenvalue weighted by Gasteiger charge is -1.90. The van der Waals surface area contributed by atoms with E-state index in [0.29, 0.717) is 0 Å². The third kappa shape index (κ3) is 6270. The SMILES string of the molecule is NS(=O)(=O)[O-].NS(=O)(=O)[O-].[NH4+].[NH4+]. The van der Waals surface area contributed by atoms with Gasteiger partial charge in [0.1, 0.15) is 0 Å². The predicted octanol–water partition coefficient (Wildman–Crippen LogP) is -2.44. The van der Waals surface area contributed by atoms with Gasteiger partial charge in [-0.1, -0.05) is 0 Å². The molecule has 0 unspecified atom stereocenters. The zero-order chi connectivity index (χ0) is 9.00. The summed E-state index contributed by atoms with van der Waals surface area (Å²) in [4.78, 5) is 0. The van der Waals surface area contributed by atoms with Crippen molar-refractivity contribution < 1.29 is 25.9 Å². The molecule has 0 rings (SSSR count). The maximum absolute atomic E-state index is 8.85. The fraction of sp³-hybridized carbons (Fsp3) is 0. The highest BCUT2D eigenvalue weighted by Crippen LogP contribution is 1.50. The predicted molar refractivity (Wildman–Crippen MR) is 39.7 cm³/mol. The van der Waals surface area contributed by atoms with Crippen LogP contribution < -0.4 is 22.6 Å². The molecule has 12 heteroatoms. The summed E-state index contributed by atoms with van der Waals surface area (Å²) in [5, 5.41) is 7.54. The van der Waals surface area contributed by atoms with Crippen LogP contribution in [0.15, 0.2) is 0 Å². The second-order valence-corrected chi connectivity index (χ2v) is 2.96. The Kier molecular flexibility index (Phi) is 13.8. The topological polar surface area (TPSA) is 239 Å². The molecule has 0 aromatic rings. The summed E-state index contributed by atoms with van der Waals surface area (Å²) in [5.41, 5.74) is 0. The fourth-order valence-corrected chi connectivity index (χ4v) is 0. The Labute approximate surface area is 69.9 Å². The smallest absolute Gasteiger partial charge is 0.156 e. The van der Waals surface area contributed by atoms with E-state index in [1.54, 1.807) is 0 Å². The molecular formula is H12N4O6S2. The molecule has 0 amide bonds. The summed E-state index contributed by atoms with van der Waals surface area (Å²) in [6.45, 7) is 0. The van der Waals surface area contributed by atoms with Gasteiger partial charge < -0.3 is 21.4 Å². The molecule has 0 saturated heterocycles. The molecule has 0 atom stereocenters. The van der Waals surface area contributed by atoms with Gasteiger partial charge in [0.15, 0.2) is 20.6 Å². The number of hydrogen-bond donors (Lipinski definition) is 4. The summed E-state index contributed by atoms with van der Waals surface area (Å²) in [7, 11) is -8.83.